The number of aliphatic hydroxyl groups excluding tert-OH is 1. The van der Waals surface area contributed by atoms with Crippen LogP contribution < -0.4 is 11.1 Å². The highest BCUT2D eigenvalue weighted by molar-refractivity contribution is 7.09. The number of nitrogens with one attached hydrogen (secondary N) is 1. The number of amides is 1. The summed E-state index contributed by atoms with van der Waals surface area (Å²) in [6.45, 7) is 6.10. The smallest absolute Gasteiger partial charge is 0.226 e. The van der Waals surface area contributed by atoms with Crippen LogP contribution in [0.5, 0.6) is 0 Å². The first-order chi connectivity index (χ1) is 11.4. The van der Waals surface area contributed by atoms with E-state index in [0.717, 1.165) is 22.0 Å². The molecule has 1 aromatic carbocycles. The Morgan fingerprint density at radius 1 is 1.38 bits per heavy atom. The topological polar surface area (TPSA) is 88.2 Å². The van der Waals surface area contributed by atoms with Crippen molar-refractivity contribution in [2.75, 3.05) is 12.3 Å². The Kier molecular flexibility index (Phi) is 5.96. The van der Waals surface area contributed by atoms with Gasteiger partial charge in [0.15, 0.2) is 0 Å². The van der Waals surface area contributed by atoms with Crippen LogP contribution in [0.2, 0.25) is 0 Å². The molecule has 4 N–H and O–H groups in total. The van der Waals surface area contributed by atoms with Gasteiger partial charge < -0.3 is 16.2 Å². The average Bonchev–Trinajstić information content (AvgIpc) is 3.02. The number of nitrogens with two attached hydrogens (primary N) is 1. The maximum absolute atomic E-state index is 12.0. The summed E-state index contributed by atoms with van der Waals surface area (Å²) in [5, 5.41) is 14.9. The zero-order valence-corrected chi connectivity index (χ0v) is 15.2. The number of rotatable bonds is 7. The summed E-state index contributed by atoms with van der Waals surface area (Å²) >= 11 is 1.56. The first-order valence-electron chi connectivity index (χ1n) is 8.08. The maximum Gasteiger partial charge on any atom is 0.226 e. The normalized spacial score (nSPS) is 12.8. The van der Waals surface area contributed by atoms with Gasteiger partial charge in [0.2, 0.25) is 5.91 Å². The van der Waals surface area contributed by atoms with E-state index in [2.05, 4.69) is 24.1 Å². The SMILES string of the molecule is CCC(CO)NC(=O)Cc1csc(C(C)(C)c2ccc(N)cc2)n1. The van der Waals surface area contributed by atoms with E-state index in [1.807, 2.05) is 36.6 Å². The van der Waals surface area contributed by atoms with E-state index >= 15 is 0 Å². The van der Waals surface area contributed by atoms with Crippen LogP contribution in [0.3, 0.4) is 0 Å². The Bertz CT molecular complexity index is 676. The summed E-state index contributed by atoms with van der Waals surface area (Å²) in [7, 11) is 0. The molecule has 1 atom stereocenters. The van der Waals surface area contributed by atoms with Crippen molar-refractivity contribution >= 4 is 22.9 Å². The number of aromatic nitrogens is 1. The Labute approximate surface area is 146 Å². The molecule has 0 bridgehead atoms. The Hall–Kier alpha value is -1.92. The molecule has 0 saturated heterocycles. The number of carbonyl (C=O) groups excluding carboxylic acids is 1. The molecule has 2 aromatic rings. The number of anilines is 1. The van der Waals surface area contributed by atoms with Crippen LogP contribution in [0.25, 0.3) is 0 Å². The standard InChI is InChI=1S/C18H25N3O2S/c1-4-14(10-22)20-16(23)9-15-11-24-17(21-15)18(2,3)12-5-7-13(19)8-6-12/h5-8,11,14,22H,4,9-10,19H2,1-3H3,(H,20,23). The molecule has 5 nitrogen and oxygen atoms in total. The van der Waals surface area contributed by atoms with E-state index in [0.29, 0.717) is 6.42 Å². The summed E-state index contributed by atoms with van der Waals surface area (Å²) < 4.78 is 0. The molecule has 0 radical (unpaired) electrons. The van der Waals surface area contributed by atoms with Gasteiger partial charge in [-0.05, 0) is 38.0 Å². The van der Waals surface area contributed by atoms with Crippen LogP contribution in [0.1, 0.15) is 43.5 Å². The highest BCUT2D eigenvalue weighted by atomic mass is 32.1. The van der Waals surface area contributed by atoms with Crippen molar-refractivity contribution < 1.29 is 9.90 Å². The lowest BCUT2D eigenvalue weighted by molar-refractivity contribution is -0.121. The van der Waals surface area contributed by atoms with E-state index in [9.17, 15) is 4.79 Å². The van der Waals surface area contributed by atoms with Crippen LogP contribution >= 0.6 is 11.3 Å². The van der Waals surface area contributed by atoms with Crippen LogP contribution in [0.4, 0.5) is 5.69 Å². The maximum atomic E-state index is 12.0. The van der Waals surface area contributed by atoms with Crippen LogP contribution in [0, 0.1) is 0 Å². The number of thiazole rings is 1. The third-order valence-electron chi connectivity index (χ3n) is 4.14. The van der Waals surface area contributed by atoms with Gasteiger partial charge in [-0.1, -0.05) is 19.1 Å². The molecule has 1 heterocycles. The summed E-state index contributed by atoms with van der Waals surface area (Å²) in [6.07, 6.45) is 0.930. The zero-order chi connectivity index (χ0) is 17.7. The predicted octanol–water partition coefficient (Wildman–Crippen LogP) is 2.48. The highest BCUT2D eigenvalue weighted by Gasteiger charge is 2.27. The van der Waals surface area contributed by atoms with Gasteiger partial charge in [-0.15, -0.1) is 11.3 Å². The van der Waals surface area contributed by atoms with Gasteiger partial charge in [0.25, 0.3) is 0 Å². The molecular weight excluding hydrogens is 322 g/mol. The summed E-state index contributed by atoms with van der Waals surface area (Å²) in [6, 6.07) is 7.60. The second-order valence-electron chi connectivity index (χ2n) is 6.42. The lowest BCUT2D eigenvalue weighted by atomic mass is 9.85. The third kappa shape index (κ3) is 4.33. The molecule has 0 aliphatic rings. The van der Waals surface area contributed by atoms with Gasteiger partial charge in [0, 0.05) is 16.5 Å². The van der Waals surface area contributed by atoms with Crippen LogP contribution in [-0.2, 0) is 16.6 Å². The first-order valence-corrected chi connectivity index (χ1v) is 8.96. The molecule has 0 aliphatic heterocycles. The van der Waals surface area contributed by atoms with Gasteiger partial charge in [0.05, 0.1) is 24.8 Å². The number of nitrogen functional groups attached to an aromatic ring is 1. The Morgan fingerprint density at radius 2 is 2.04 bits per heavy atom. The van der Waals surface area contributed by atoms with Gasteiger partial charge in [-0.3, -0.25) is 4.79 Å². The van der Waals surface area contributed by atoms with E-state index in [-0.39, 0.29) is 30.4 Å². The lowest BCUT2D eigenvalue weighted by Gasteiger charge is -2.22. The van der Waals surface area contributed by atoms with Gasteiger partial charge in [0.1, 0.15) is 5.01 Å². The number of aliphatic hydroxyl groups is 1. The van der Waals surface area contributed by atoms with Crippen molar-refractivity contribution in [3.8, 4) is 0 Å². The average molecular weight is 347 g/mol. The van der Waals surface area contributed by atoms with Crippen LogP contribution in [0.15, 0.2) is 29.6 Å². The van der Waals surface area contributed by atoms with Crippen molar-refractivity contribution in [2.45, 2.75) is 45.1 Å². The van der Waals surface area contributed by atoms with E-state index < -0.39 is 0 Å². The minimum atomic E-state index is -0.246. The zero-order valence-electron chi connectivity index (χ0n) is 14.4. The fourth-order valence-corrected chi connectivity index (χ4v) is 3.38. The molecule has 1 unspecified atom stereocenters. The van der Waals surface area contributed by atoms with Crippen LogP contribution in [-0.4, -0.2) is 28.6 Å². The molecular formula is C18H25N3O2S. The Morgan fingerprint density at radius 3 is 2.62 bits per heavy atom. The summed E-state index contributed by atoms with van der Waals surface area (Å²) in [5.74, 6) is -0.113. The van der Waals surface area contributed by atoms with Gasteiger partial charge in [-0.2, -0.15) is 0 Å². The van der Waals surface area contributed by atoms with E-state index in [1.165, 1.54) is 0 Å². The summed E-state index contributed by atoms with van der Waals surface area (Å²) in [5.41, 5.74) is 8.13. The summed E-state index contributed by atoms with van der Waals surface area (Å²) in [4.78, 5) is 16.7. The fraction of sp³-hybridized carbons (Fsp3) is 0.444. The second-order valence-corrected chi connectivity index (χ2v) is 7.28. The predicted molar refractivity (Wildman–Crippen MR) is 98.1 cm³/mol. The molecule has 0 aliphatic carbocycles. The first kappa shape index (κ1) is 18.4. The van der Waals surface area contributed by atoms with Crippen molar-refractivity contribution in [3.05, 3.63) is 45.9 Å². The van der Waals surface area contributed by atoms with Crippen molar-refractivity contribution in [1.29, 1.82) is 0 Å². The van der Waals surface area contributed by atoms with E-state index in [1.54, 1.807) is 11.3 Å². The number of hydrogen-bond acceptors (Lipinski definition) is 5. The molecule has 0 spiro atoms. The molecule has 2 rings (SSSR count). The second kappa shape index (κ2) is 7.77. The molecule has 6 heteroatoms. The number of carbonyl (C=O) groups is 1. The fourth-order valence-electron chi connectivity index (χ4n) is 2.42. The lowest BCUT2D eigenvalue weighted by Crippen LogP contribution is -2.37. The molecule has 130 valence electrons. The monoisotopic (exact) mass is 347 g/mol. The van der Waals surface area contributed by atoms with Crippen molar-refractivity contribution in [2.24, 2.45) is 0 Å². The van der Waals surface area contributed by atoms with Gasteiger partial charge >= 0.3 is 0 Å². The molecule has 24 heavy (non-hydrogen) atoms. The minimum Gasteiger partial charge on any atom is -0.399 e. The molecule has 1 amide bonds. The molecule has 1 aromatic heterocycles. The van der Waals surface area contributed by atoms with Gasteiger partial charge in [-0.25, -0.2) is 4.98 Å². The number of hydrogen-bond donors (Lipinski definition) is 3. The minimum absolute atomic E-state index is 0.0469. The molecule has 0 saturated carbocycles. The quantitative estimate of drug-likeness (QED) is 0.672. The number of nitrogens with zero attached hydrogens (tertiary/aromatic N) is 1. The van der Waals surface area contributed by atoms with Crippen molar-refractivity contribution in [1.82, 2.24) is 10.3 Å². The van der Waals surface area contributed by atoms with Crippen molar-refractivity contribution in [3.63, 3.8) is 0 Å². The number of benzene rings is 1. The van der Waals surface area contributed by atoms with E-state index in [4.69, 9.17) is 10.8 Å². The highest BCUT2D eigenvalue weighted by Crippen LogP contribution is 2.33. The third-order valence-corrected chi connectivity index (χ3v) is 5.35. The molecule has 0 fully saturated rings. The Balaban J connectivity index is 2.09. The largest absolute Gasteiger partial charge is 0.399 e.